The predicted octanol–water partition coefficient (Wildman–Crippen LogP) is 19.4. The Morgan fingerprint density at radius 3 is 1.09 bits per heavy atom. The largest absolute Gasteiger partial charge is 0.492 e. The summed E-state index contributed by atoms with van der Waals surface area (Å²) in [5, 5.41) is 2.75. The molecule has 8 aromatic carbocycles. The standard InChI is InChI=1S/C43H52Cl2F3NO6Si.C39H43Cl2NO6/c1-41(2,3)54-40(50)34-13-9-31(10-14-34)29-53-39(42(51-5,43(46,47)48)55-56(6,7)8)27-30-11-23-37(24-12-30)52-26-25-49(4)28-38(32-15-19-35(44)20-16-32)33-17-21-36(45)22-18-33;1-39(2,3)48-37(43)31-10-6-28(7-11-31)26-47-36(38(44)45-5)24-27-8-20-34(21-9-27)46-23-22-42(4)25-35(29-12-16-32(40)17-13-29)30-14-18-33(41)19-15-30/h9-24,38-39H,25-29H2,1-8H3;6-21,35-36H,22-26H2,1-5H3. The number of likely N-dealkylation sites (N-methyl/N-ethyl adjacent to an activating group) is 2. The number of carbonyl (C=O) groups excluding carboxylic acids is 3. The highest BCUT2D eigenvalue weighted by molar-refractivity contribution is 6.69. The van der Waals surface area contributed by atoms with Crippen LogP contribution in [0.15, 0.2) is 194 Å². The summed E-state index contributed by atoms with van der Waals surface area (Å²) in [6.45, 7) is 19.5. The van der Waals surface area contributed by atoms with Crippen molar-refractivity contribution < 1.29 is 69.9 Å². The van der Waals surface area contributed by atoms with Crippen molar-refractivity contribution in [3.8, 4) is 11.5 Å². The molecule has 0 fully saturated rings. The average molecular weight is 1530 g/mol. The number of alkyl halides is 3. The van der Waals surface area contributed by atoms with Crippen molar-refractivity contribution in [1.29, 1.82) is 0 Å². The molecule has 0 aromatic heterocycles. The molecule has 0 heterocycles. The van der Waals surface area contributed by atoms with Crippen LogP contribution in [0.3, 0.4) is 0 Å². The van der Waals surface area contributed by atoms with Crippen LogP contribution in [0.25, 0.3) is 0 Å². The summed E-state index contributed by atoms with van der Waals surface area (Å²) in [6.07, 6.45) is -7.15. The molecule has 8 rings (SSSR count). The van der Waals surface area contributed by atoms with Crippen LogP contribution in [0.5, 0.6) is 11.5 Å². The first-order chi connectivity index (χ1) is 49.1. The predicted molar refractivity (Wildman–Crippen MR) is 408 cm³/mol. The van der Waals surface area contributed by atoms with Gasteiger partial charge in [0.1, 0.15) is 42.0 Å². The molecule has 0 saturated carbocycles. The fraction of sp³-hybridized carbons (Fsp3) is 0.378. The Kier molecular flexibility index (Phi) is 31.3. The van der Waals surface area contributed by atoms with Gasteiger partial charge >= 0.3 is 24.1 Å². The van der Waals surface area contributed by atoms with Gasteiger partial charge in [-0.2, -0.15) is 13.2 Å². The van der Waals surface area contributed by atoms with Crippen molar-refractivity contribution in [3.05, 3.63) is 270 Å². The van der Waals surface area contributed by atoms with Gasteiger partial charge in [0, 0.05) is 78.1 Å². The van der Waals surface area contributed by atoms with E-state index in [2.05, 4.69) is 41.1 Å². The quantitative estimate of drug-likeness (QED) is 0.0167. The highest BCUT2D eigenvalue weighted by Crippen LogP contribution is 2.43. The maximum atomic E-state index is 15.0. The number of esters is 3. The molecule has 14 nitrogen and oxygen atoms in total. The topological polar surface area (TPSA) is 141 Å². The molecule has 0 aliphatic rings. The van der Waals surface area contributed by atoms with Crippen molar-refractivity contribution in [2.24, 2.45) is 0 Å². The van der Waals surface area contributed by atoms with Crippen molar-refractivity contribution in [2.45, 2.75) is 134 Å². The zero-order chi connectivity index (χ0) is 76.0. The van der Waals surface area contributed by atoms with E-state index < -0.39 is 55.6 Å². The van der Waals surface area contributed by atoms with Gasteiger partial charge in [-0.3, -0.25) is 0 Å². The first-order valence-corrected chi connectivity index (χ1v) is 39.1. The lowest BCUT2D eigenvalue weighted by Crippen LogP contribution is -2.63. The molecule has 0 bridgehead atoms. The molecular weight excluding hydrogens is 1430 g/mol. The second-order valence-corrected chi connectivity index (χ2v) is 34.5. The number of hydrogen-bond donors (Lipinski definition) is 0. The number of methoxy groups -OCH3 is 2. The minimum atomic E-state index is -4.93. The van der Waals surface area contributed by atoms with Crippen LogP contribution in [-0.4, -0.2) is 139 Å². The van der Waals surface area contributed by atoms with Crippen molar-refractivity contribution >= 4 is 72.6 Å². The van der Waals surface area contributed by atoms with Gasteiger partial charge in [-0.25, -0.2) is 14.4 Å². The first kappa shape index (κ1) is 84.0. The van der Waals surface area contributed by atoms with E-state index in [9.17, 15) is 14.4 Å². The van der Waals surface area contributed by atoms with E-state index in [-0.39, 0.29) is 37.4 Å². The van der Waals surface area contributed by atoms with Gasteiger partial charge in [0.25, 0.3) is 5.79 Å². The van der Waals surface area contributed by atoms with Crippen LogP contribution in [0, 0.1) is 0 Å². The third kappa shape index (κ3) is 27.2. The molecule has 3 unspecified atom stereocenters. The van der Waals surface area contributed by atoms with Crippen molar-refractivity contribution in [1.82, 2.24) is 9.80 Å². The van der Waals surface area contributed by atoms with E-state index in [1.165, 1.54) is 18.2 Å². The number of benzene rings is 8. The summed E-state index contributed by atoms with van der Waals surface area (Å²) in [7, 11) is 3.58. The summed E-state index contributed by atoms with van der Waals surface area (Å²) in [4.78, 5) is 41.7. The normalized spacial score (nSPS) is 13.2. The molecule has 558 valence electrons. The van der Waals surface area contributed by atoms with E-state index in [0.717, 1.165) is 48.2 Å². The van der Waals surface area contributed by atoms with Crippen molar-refractivity contribution in [2.75, 3.05) is 67.7 Å². The van der Waals surface area contributed by atoms with Crippen LogP contribution in [0.1, 0.15) is 119 Å². The number of rotatable bonds is 33. The Bertz CT molecular complexity index is 3860. The number of halogens is 7. The Hall–Kier alpha value is -7.30. The summed E-state index contributed by atoms with van der Waals surface area (Å²) in [5.41, 5.74) is 6.97. The van der Waals surface area contributed by atoms with Gasteiger partial charge < -0.3 is 52.1 Å². The van der Waals surface area contributed by atoms with Gasteiger partial charge in [0.05, 0.1) is 31.5 Å². The van der Waals surface area contributed by atoms with E-state index in [4.69, 9.17) is 88.7 Å². The Morgan fingerprint density at radius 2 is 0.779 bits per heavy atom. The molecule has 104 heavy (non-hydrogen) atoms. The maximum Gasteiger partial charge on any atom is 0.445 e. The SMILES string of the molecule is COC(=O)C(Cc1ccc(OCCN(C)CC(c2ccc(Cl)cc2)c2ccc(Cl)cc2)cc1)OCc1ccc(C(=O)OC(C)(C)C)cc1.COC(O[Si](C)(C)C)(C(Cc1ccc(OCCN(C)CC(c2ccc(Cl)cc2)c2ccc(Cl)cc2)cc1)OCc1ccc(C(=O)OC(C)(C)C)cc1)C(F)(F)F. The summed E-state index contributed by atoms with van der Waals surface area (Å²) >= 11 is 24.6. The van der Waals surface area contributed by atoms with Crippen LogP contribution < -0.4 is 9.47 Å². The molecule has 0 aliphatic carbocycles. The first-order valence-electron chi connectivity index (χ1n) is 34.2. The van der Waals surface area contributed by atoms with Gasteiger partial charge in [-0.15, -0.1) is 0 Å². The van der Waals surface area contributed by atoms with Crippen LogP contribution in [0.2, 0.25) is 39.7 Å². The molecule has 0 aliphatic heterocycles. The molecule has 0 radical (unpaired) electrons. The second kappa shape index (κ2) is 38.8. The second-order valence-electron chi connectivity index (χ2n) is 28.3. The van der Waals surface area contributed by atoms with Crippen LogP contribution in [-0.2, 0) is 63.7 Å². The molecular formula is C82H95Cl4F3N2O12Si. The number of carbonyl (C=O) groups is 3. The minimum Gasteiger partial charge on any atom is -0.492 e. The maximum absolute atomic E-state index is 15.0. The highest BCUT2D eigenvalue weighted by atomic mass is 35.5. The zero-order valence-corrected chi connectivity index (χ0v) is 65.3. The molecule has 0 spiro atoms. The number of ether oxygens (including phenoxy) is 8. The van der Waals surface area contributed by atoms with Gasteiger partial charge in [0.15, 0.2) is 14.4 Å². The molecule has 22 heteroatoms. The molecule has 8 aromatic rings. The molecule has 0 N–H and O–H groups in total. The molecule has 0 amide bonds. The van der Waals surface area contributed by atoms with E-state index in [1.54, 1.807) is 113 Å². The van der Waals surface area contributed by atoms with E-state index in [0.29, 0.717) is 80.8 Å². The van der Waals surface area contributed by atoms with E-state index in [1.807, 2.05) is 125 Å². The van der Waals surface area contributed by atoms with Crippen molar-refractivity contribution in [3.63, 3.8) is 0 Å². The molecule has 0 saturated heterocycles. The minimum absolute atomic E-state index is 0.0708. The Labute approximate surface area is 631 Å². The smallest absolute Gasteiger partial charge is 0.445 e. The van der Waals surface area contributed by atoms with Gasteiger partial charge in [-0.05, 0) is 217 Å². The highest BCUT2D eigenvalue weighted by Gasteiger charge is 2.64. The fourth-order valence-electron chi connectivity index (χ4n) is 11.1. The van der Waals surface area contributed by atoms with E-state index >= 15 is 13.2 Å². The van der Waals surface area contributed by atoms with Crippen LogP contribution >= 0.6 is 46.4 Å². The average Bonchev–Trinajstić information content (AvgIpc) is 0.763. The third-order valence-corrected chi connectivity index (χ3v) is 18.3. The van der Waals surface area contributed by atoms with Gasteiger partial charge in [0.2, 0.25) is 0 Å². The van der Waals surface area contributed by atoms with Crippen LogP contribution in [0.4, 0.5) is 13.2 Å². The van der Waals surface area contributed by atoms with Gasteiger partial charge in [-0.1, -0.05) is 143 Å². The third-order valence-electron chi connectivity index (χ3n) is 16.4. The summed E-state index contributed by atoms with van der Waals surface area (Å²) in [5.74, 6) is -2.87. The Morgan fingerprint density at radius 1 is 0.452 bits per heavy atom. The zero-order valence-electron chi connectivity index (χ0n) is 61.3. The lowest BCUT2D eigenvalue weighted by atomic mass is 9.91. The monoisotopic (exact) mass is 1520 g/mol. The Balaban J connectivity index is 0.000000294. The fourth-order valence-corrected chi connectivity index (χ4v) is 12.9. The lowest BCUT2D eigenvalue weighted by Gasteiger charge is -2.43. The summed E-state index contributed by atoms with van der Waals surface area (Å²) < 4.78 is 96.2. The lowest BCUT2D eigenvalue weighted by molar-refractivity contribution is -0.382. The summed E-state index contributed by atoms with van der Waals surface area (Å²) in [6, 6.07) is 59.4. The number of hydrogen-bond acceptors (Lipinski definition) is 14. The number of nitrogens with zero attached hydrogens (tertiary/aromatic N) is 2. The molecule has 3 atom stereocenters.